The van der Waals surface area contributed by atoms with E-state index in [9.17, 15) is 0 Å². The van der Waals surface area contributed by atoms with Crippen molar-refractivity contribution in [2.24, 2.45) is 5.84 Å². The zero-order valence-electron chi connectivity index (χ0n) is 10.7. The molecule has 0 aliphatic carbocycles. The van der Waals surface area contributed by atoms with Crippen molar-refractivity contribution in [2.45, 2.75) is 6.10 Å². The zero-order chi connectivity index (χ0) is 12.6. The third-order valence-electron chi connectivity index (χ3n) is 2.74. The number of halogens is 1. The van der Waals surface area contributed by atoms with Gasteiger partial charge in [-0.15, -0.1) is 12.4 Å². The second-order valence-corrected chi connectivity index (χ2v) is 4.03. The molecule has 2 aromatic carbocycles. The Bertz CT molecular complexity index is 411. The van der Waals surface area contributed by atoms with Crippen LogP contribution in [0.3, 0.4) is 0 Å². The number of nitrogens with one attached hydrogen (secondary N) is 1. The Morgan fingerprint density at radius 2 is 1.37 bits per heavy atom. The molecule has 19 heavy (non-hydrogen) atoms. The maximum atomic E-state index is 5.91. The molecule has 0 aliphatic heterocycles. The van der Waals surface area contributed by atoms with Gasteiger partial charge in [0.1, 0.15) is 6.10 Å². The van der Waals surface area contributed by atoms with E-state index in [1.165, 1.54) is 0 Å². The molecule has 0 bridgehead atoms. The molecule has 0 spiro atoms. The number of hydrazine groups is 1. The Morgan fingerprint density at radius 3 is 1.79 bits per heavy atom. The molecule has 0 unspecified atom stereocenters. The summed E-state index contributed by atoms with van der Waals surface area (Å²) >= 11 is 0. The van der Waals surface area contributed by atoms with Crippen molar-refractivity contribution in [3.63, 3.8) is 0 Å². The summed E-state index contributed by atoms with van der Waals surface area (Å²) in [6, 6.07) is 20.4. The van der Waals surface area contributed by atoms with Gasteiger partial charge in [0.25, 0.3) is 0 Å². The fraction of sp³-hybridized carbons (Fsp3) is 0.200. The van der Waals surface area contributed by atoms with E-state index in [1.807, 2.05) is 36.4 Å². The highest BCUT2D eigenvalue weighted by atomic mass is 35.5. The van der Waals surface area contributed by atoms with Crippen LogP contribution in [0.15, 0.2) is 60.7 Å². The zero-order valence-corrected chi connectivity index (χ0v) is 11.5. The molecule has 0 saturated carbocycles. The van der Waals surface area contributed by atoms with Crippen molar-refractivity contribution in [3.8, 4) is 0 Å². The number of hydrogen-bond donors (Lipinski definition) is 2. The van der Waals surface area contributed by atoms with Crippen molar-refractivity contribution in [2.75, 3.05) is 13.2 Å². The first kappa shape index (κ1) is 15.7. The van der Waals surface area contributed by atoms with Crippen LogP contribution in [0.1, 0.15) is 17.2 Å². The van der Waals surface area contributed by atoms with Gasteiger partial charge in [0.05, 0.1) is 6.61 Å². The Labute approximate surface area is 120 Å². The predicted octanol–water partition coefficient (Wildman–Crippen LogP) is 2.68. The van der Waals surface area contributed by atoms with Crippen LogP contribution >= 0.6 is 12.4 Å². The fourth-order valence-corrected chi connectivity index (χ4v) is 1.88. The molecule has 2 rings (SSSR count). The van der Waals surface area contributed by atoms with E-state index < -0.39 is 0 Å². The van der Waals surface area contributed by atoms with E-state index in [0.717, 1.165) is 11.1 Å². The number of nitrogens with two attached hydrogens (primary N) is 1. The quantitative estimate of drug-likeness (QED) is 0.485. The molecule has 0 radical (unpaired) electrons. The standard InChI is InChI=1S/C15H18N2O.ClH/c16-17-11-12-18-15(13-7-3-1-4-8-13)14-9-5-2-6-10-14;/h1-10,15,17H,11-12,16H2;1H. The second kappa shape index (κ2) is 8.67. The summed E-state index contributed by atoms with van der Waals surface area (Å²) in [5, 5.41) is 0. The fourth-order valence-electron chi connectivity index (χ4n) is 1.88. The first-order chi connectivity index (χ1) is 8.92. The highest BCUT2D eigenvalue weighted by Crippen LogP contribution is 2.25. The van der Waals surface area contributed by atoms with Gasteiger partial charge in [-0.3, -0.25) is 11.3 Å². The summed E-state index contributed by atoms with van der Waals surface area (Å²) in [7, 11) is 0. The van der Waals surface area contributed by atoms with Crippen LogP contribution in [0.25, 0.3) is 0 Å². The monoisotopic (exact) mass is 278 g/mol. The number of hydrogen-bond acceptors (Lipinski definition) is 3. The van der Waals surface area contributed by atoms with Crippen molar-refractivity contribution in [1.29, 1.82) is 0 Å². The minimum absolute atomic E-state index is 0. The number of benzene rings is 2. The maximum absolute atomic E-state index is 5.91. The van der Waals surface area contributed by atoms with Crippen molar-refractivity contribution < 1.29 is 4.74 Å². The molecule has 0 atom stereocenters. The molecule has 102 valence electrons. The topological polar surface area (TPSA) is 47.3 Å². The molecular weight excluding hydrogens is 260 g/mol. The van der Waals surface area contributed by atoms with Crippen molar-refractivity contribution in [1.82, 2.24) is 5.43 Å². The van der Waals surface area contributed by atoms with E-state index in [1.54, 1.807) is 0 Å². The second-order valence-electron chi connectivity index (χ2n) is 4.03. The lowest BCUT2D eigenvalue weighted by Gasteiger charge is -2.18. The molecule has 4 heteroatoms. The lowest BCUT2D eigenvalue weighted by atomic mass is 10.0. The molecular formula is C15H19ClN2O. The maximum Gasteiger partial charge on any atom is 0.108 e. The average molecular weight is 279 g/mol. The summed E-state index contributed by atoms with van der Waals surface area (Å²) in [4.78, 5) is 0. The lowest BCUT2D eigenvalue weighted by Crippen LogP contribution is -2.27. The van der Waals surface area contributed by atoms with Crippen LogP contribution in [0.2, 0.25) is 0 Å². The van der Waals surface area contributed by atoms with Gasteiger partial charge in [0.15, 0.2) is 0 Å². The Balaban J connectivity index is 0.00000180. The minimum atomic E-state index is -0.0410. The molecule has 3 N–H and O–H groups in total. The van der Waals surface area contributed by atoms with Crippen molar-refractivity contribution >= 4 is 12.4 Å². The third kappa shape index (κ3) is 4.65. The number of rotatable bonds is 6. The van der Waals surface area contributed by atoms with Crippen molar-refractivity contribution in [3.05, 3.63) is 71.8 Å². The van der Waals surface area contributed by atoms with Gasteiger partial charge in [0.2, 0.25) is 0 Å². The highest BCUT2D eigenvalue weighted by molar-refractivity contribution is 5.85. The van der Waals surface area contributed by atoms with E-state index in [-0.39, 0.29) is 18.5 Å². The summed E-state index contributed by atoms with van der Waals surface area (Å²) in [6.07, 6.45) is -0.0410. The normalized spacial score (nSPS) is 10.2. The SMILES string of the molecule is Cl.NNCCOC(c1ccccc1)c1ccccc1. The Morgan fingerprint density at radius 1 is 0.895 bits per heavy atom. The largest absolute Gasteiger partial charge is 0.367 e. The molecule has 0 aliphatic rings. The van der Waals surface area contributed by atoms with Gasteiger partial charge >= 0.3 is 0 Å². The van der Waals surface area contributed by atoms with Crippen LogP contribution in [-0.2, 0) is 4.74 Å². The summed E-state index contributed by atoms with van der Waals surface area (Å²) < 4.78 is 5.91. The summed E-state index contributed by atoms with van der Waals surface area (Å²) in [6.45, 7) is 1.21. The minimum Gasteiger partial charge on any atom is -0.367 e. The number of ether oxygens (including phenoxy) is 1. The van der Waals surface area contributed by atoms with E-state index in [2.05, 4.69) is 29.7 Å². The molecule has 0 saturated heterocycles. The van der Waals surface area contributed by atoms with E-state index in [0.29, 0.717) is 13.2 Å². The molecule has 0 heterocycles. The van der Waals surface area contributed by atoms with Crippen LogP contribution in [0.5, 0.6) is 0 Å². The molecule has 0 fully saturated rings. The summed E-state index contributed by atoms with van der Waals surface area (Å²) in [5.74, 6) is 5.26. The van der Waals surface area contributed by atoms with Crippen LogP contribution in [-0.4, -0.2) is 13.2 Å². The van der Waals surface area contributed by atoms with E-state index >= 15 is 0 Å². The Kier molecular flexibility index (Phi) is 7.15. The van der Waals surface area contributed by atoms with Gasteiger partial charge < -0.3 is 4.74 Å². The molecule has 3 nitrogen and oxygen atoms in total. The average Bonchev–Trinajstić information content (AvgIpc) is 2.46. The van der Waals surface area contributed by atoms with Gasteiger partial charge in [-0.2, -0.15) is 0 Å². The van der Waals surface area contributed by atoms with Gasteiger partial charge in [0, 0.05) is 6.54 Å². The molecule has 0 amide bonds. The van der Waals surface area contributed by atoms with Crippen LogP contribution in [0.4, 0.5) is 0 Å². The highest BCUT2D eigenvalue weighted by Gasteiger charge is 2.13. The van der Waals surface area contributed by atoms with Crippen LogP contribution < -0.4 is 11.3 Å². The van der Waals surface area contributed by atoms with Gasteiger partial charge in [-0.25, -0.2) is 0 Å². The van der Waals surface area contributed by atoms with Gasteiger partial charge in [-0.05, 0) is 11.1 Å². The predicted molar refractivity (Wildman–Crippen MR) is 80.1 cm³/mol. The molecule has 2 aromatic rings. The van der Waals surface area contributed by atoms with Gasteiger partial charge in [-0.1, -0.05) is 60.7 Å². The van der Waals surface area contributed by atoms with E-state index in [4.69, 9.17) is 10.6 Å². The third-order valence-corrected chi connectivity index (χ3v) is 2.74. The van der Waals surface area contributed by atoms with Crippen LogP contribution in [0, 0.1) is 0 Å². The smallest absolute Gasteiger partial charge is 0.108 e. The first-order valence-corrected chi connectivity index (χ1v) is 6.07. The first-order valence-electron chi connectivity index (χ1n) is 6.07. The molecule has 0 aromatic heterocycles. The summed E-state index contributed by atoms with van der Waals surface area (Å²) in [5.41, 5.74) is 4.91. The lowest BCUT2D eigenvalue weighted by molar-refractivity contribution is 0.0822. The Hall–Kier alpha value is -1.39.